The Morgan fingerprint density at radius 1 is 1.03 bits per heavy atom. The first-order valence-corrected chi connectivity index (χ1v) is 13.0. The van der Waals surface area contributed by atoms with E-state index in [4.69, 9.17) is 19.0 Å². The van der Waals surface area contributed by atoms with Crippen molar-refractivity contribution in [1.82, 2.24) is 19.7 Å². The minimum Gasteiger partial charge on any atom is -0.497 e. The number of fused-ring (bicyclic) bond motifs is 1. The molecule has 5 rings (SSSR count). The van der Waals surface area contributed by atoms with Gasteiger partial charge in [0.25, 0.3) is 5.56 Å². The number of aryl methyl sites for hydroxylation is 3. The van der Waals surface area contributed by atoms with Crippen molar-refractivity contribution in [2.45, 2.75) is 31.7 Å². The van der Waals surface area contributed by atoms with E-state index in [1.807, 2.05) is 45.0 Å². The summed E-state index contributed by atoms with van der Waals surface area (Å²) < 4.78 is 18.0. The van der Waals surface area contributed by atoms with Crippen LogP contribution in [0.1, 0.15) is 21.9 Å². The molecule has 0 aliphatic rings. The van der Waals surface area contributed by atoms with Crippen molar-refractivity contribution in [3.63, 3.8) is 0 Å². The van der Waals surface area contributed by atoms with Crippen LogP contribution in [0.25, 0.3) is 27.3 Å². The van der Waals surface area contributed by atoms with Crippen LogP contribution in [0.15, 0.2) is 56.9 Å². The Kier molecular flexibility index (Phi) is 6.55. The highest BCUT2D eigenvalue weighted by atomic mass is 32.2. The molecule has 0 atom stereocenters. The van der Waals surface area contributed by atoms with Gasteiger partial charge in [-0.2, -0.15) is 4.98 Å². The molecular formula is C26H24N4O4S2. The molecule has 0 unspecified atom stereocenters. The molecule has 5 aromatic rings. The van der Waals surface area contributed by atoms with Crippen LogP contribution in [0, 0.1) is 20.8 Å². The van der Waals surface area contributed by atoms with Gasteiger partial charge < -0.3 is 14.0 Å². The van der Waals surface area contributed by atoms with Gasteiger partial charge in [-0.3, -0.25) is 9.36 Å². The van der Waals surface area contributed by atoms with Crippen LogP contribution in [-0.4, -0.2) is 33.9 Å². The molecule has 2 aromatic carbocycles. The summed E-state index contributed by atoms with van der Waals surface area (Å²) in [6.45, 7) is 5.99. The topological polar surface area (TPSA) is 92.3 Å². The van der Waals surface area contributed by atoms with E-state index >= 15 is 0 Å². The quantitative estimate of drug-likeness (QED) is 0.198. The SMILES string of the molecule is COc1ccc(OC)c(-c2noc(CSc3nc4sc(C)c(C)c4c(=O)n3-c3ccc(C)cc3)n2)c1. The van der Waals surface area contributed by atoms with Crippen molar-refractivity contribution >= 4 is 33.3 Å². The third-order valence-corrected chi connectivity index (χ3v) is 7.93. The highest BCUT2D eigenvalue weighted by Crippen LogP contribution is 2.33. The van der Waals surface area contributed by atoms with Gasteiger partial charge in [-0.25, -0.2) is 4.98 Å². The molecule has 36 heavy (non-hydrogen) atoms. The summed E-state index contributed by atoms with van der Waals surface area (Å²) in [4.78, 5) is 24.9. The van der Waals surface area contributed by atoms with Crippen molar-refractivity contribution in [2.24, 2.45) is 0 Å². The fraction of sp³-hybridized carbons (Fsp3) is 0.231. The fourth-order valence-corrected chi connectivity index (χ4v) is 5.75. The Labute approximate surface area is 215 Å². The van der Waals surface area contributed by atoms with Crippen LogP contribution >= 0.6 is 23.1 Å². The lowest BCUT2D eigenvalue weighted by Crippen LogP contribution is -2.21. The molecule has 10 heteroatoms. The van der Waals surface area contributed by atoms with Crippen molar-refractivity contribution in [1.29, 1.82) is 0 Å². The van der Waals surface area contributed by atoms with E-state index in [2.05, 4.69) is 10.1 Å². The summed E-state index contributed by atoms with van der Waals surface area (Å²) in [6.07, 6.45) is 0. The van der Waals surface area contributed by atoms with Gasteiger partial charge in [0.2, 0.25) is 11.7 Å². The minimum absolute atomic E-state index is 0.0828. The molecule has 0 saturated carbocycles. The van der Waals surface area contributed by atoms with Gasteiger partial charge in [0, 0.05) is 4.88 Å². The molecule has 0 spiro atoms. The first kappa shape index (κ1) is 24.1. The van der Waals surface area contributed by atoms with Crippen LogP contribution in [0.5, 0.6) is 11.5 Å². The van der Waals surface area contributed by atoms with Crippen LogP contribution in [0.2, 0.25) is 0 Å². The van der Waals surface area contributed by atoms with E-state index in [-0.39, 0.29) is 5.56 Å². The number of nitrogens with zero attached hydrogens (tertiary/aromatic N) is 4. The van der Waals surface area contributed by atoms with Crippen LogP contribution < -0.4 is 15.0 Å². The lowest BCUT2D eigenvalue weighted by Gasteiger charge is -2.12. The van der Waals surface area contributed by atoms with Gasteiger partial charge in [0.1, 0.15) is 16.3 Å². The number of methoxy groups -OCH3 is 2. The molecule has 0 radical (unpaired) electrons. The molecule has 0 bridgehead atoms. The third-order valence-electron chi connectivity index (χ3n) is 5.90. The van der Waals surface area contributed by atoms with E-state index in [1.165, 1.54) is 23.1 Å². The normalized spacial score (nSPS) is 11.2. The number of benzene rings is 2. The maximum Gasteiger partial charge on any atom is 0.267 e. The fourth-order valence-electron chi connectivity index (χ4n) is 3.83. The highest BCUT2D eigenvalue weighted by Gasteiger charge is 2.20. The van der Waals surface area contributed by atoms with E-state index in [1.54, 1.807) is 37.0 Å². The van der Waals surface area contributed by atoms with Crippen LogP contribution in [-0.2, 0) is 5.75 Å². The maximum absolute atomic E-state index is 13.6. The molecule has 0 aliphatic carbocycles. The standard InChI is InChI=1S/C26H24N4O4S2/c1-14-6-8-17(9-7-14)30-25(31)22-15(2)16(3)36-24(22)28-26(30)35-13-21-27-23(29-34-21)19-12-18(32-4)10-11-20(19)33-5/h6-12H,13H2,1-5H3. The average Bonchev–Trinajstić information content (AvgIpc) is 3.47. The van der Waals surface area contributed by atoms with E-state index in [9.17, 15) is 4.79 Å². The summed E-state index contributed by atoms with van der Waals surface area (Å²) in [5, 5.41) is 5.36. The summed E-state index contributed by atoms with van der Waals surface area (Å²) in [7, 11) is 3.18. The lowest BCUT2D eigenvalue weighted by molar-refractivity contribution is 0.389. The highest BCUT2D eigenvalue weighted by molar-refractivity contribution is 7.98. The second-order valence-electron chi connectivity index (χ2n) is 8.20. The molecule has 0 saturated heterocycles. The summed E-state index contributed by atoms with van der Waals surface area (Å²) >= 11 is 2.90. The second kappa shape index (κ2) is 9.79. The predicted molar refractivity (Wildman–Crippen MR) is 142 cm³/mol. The predicted octanol–water partition coefficient (Wildman–Crippen LogP) is 5.73. The first-order valence-electron chi connectivity index (χ1n) is 11.2. The summed E-state index contributed by atoms with van der Waals surface area (Å²) in [5.74, 6) is 2.41. The minimum atomic E-state index is -0.0828. The van der Waals surface area contributed by atoms with Gasteiger partial charge in [-0.15, -0.1) is 11.3 Å². The number of ether oxygens (including phenoxy) is 2. The Hall–Kier alpha value is -3.63. The number of rotatable bonds is 7. The van der Waals surface area contributed by atoms with Crippen LogP contribution in [0.3, 0.4) is 0 Å². The van der Waals surface area contributed by atoms with Crippen molar-refractivity contribution < 1.29 is 14.0 Å². The van der Waals surface area contributed by atoms with E-state index in [0.717, 1.165) is 26.5 Å². The van der Waals surface area contributed by atoms with Gasteiger partial charge in [0.05, 0.1) is 36.6 Å². The molecule has 184 valence electrons. The third kappa shape index (κ3) is 4.38. The Morgan fingerprint density at radius 2 is 1.81 bits per heavy atom. The molecule has 0 fully saturated rings. The van der Waals surface area contributed by atoms with E-state index in [0.29, 0.717) is 45.1 Å². The smallest absolute Gasteiger partial charge is 0.267 e. The van der Waals surface area contributed by atoms with Crippen molar-refractivity contribution in [3.05, 3.63) is 74.7 Å². The molecule has 8 nitrogen and oxygen atoms in total. The van der Waals surface area contributed by atoms with Gasteiger partial charge in [-0.05, 0) is 56.7 Å². The van der Waals surface area contributed by atoms with Crippen LogP contribution in [0.4, 0.5) is 0 Å². The van der Waals surface area contributed by atoms with Crippen molar-refractivity contribution in [2.75, 3.05) is 14.2 Å². The number of thioether (sulfide) groups is 1. The van der Waals surface area contributed by atoms with Gasteiger partial charge >= 0.3 is 0 Å². The maximum atomic E-state index is 13.6. The zero-order valence-corrected chi connectivity index (χ0v) is 22.1. The number of hydrogen-bond donors (Lipinski definition) is 0. The average molecular weight is 521 g/mol. The number of hydrogen-bond acceptors (Lipinski definition) is 9. The summed E-state index contributed by atoms with van der Waals surface area (Å²) in [5.41, 5.74) is 3.43. The first-order chi connectivity index (χ1) is 17.4. The Morgan fingerprint density at radius 3 is 2.53 bits per heavy atom. The molecule has 0 aliphatic heterocycles. The van der Waals surface area contributed by atoms with E-state index < -0.39 is 0 Å². The second-order valence-corrected chi connectivity index (χ2v) is 10.3. The molecular weight excluding hydrogens is 496 g/mol. The molecule has 3 aromatic heterocycles. The molecule has 0 amide bonds. The van der Waals surface area contributed by atoms with Gasteiger partial charge in [0.15, 0.2) is 5.16 Å². The zero-order chi connectivity index (χ0) is 25.4. The zero-order valence-electron chi connectivity index (χ0n) is 20.5. The molecule has 3 heterocycles. The van der Waals surface area contributed by atoms with Gasteiger partial charge in [-0.1, -0.05) is 34.6 Å². The largest absolute Gasteiger partial charge is 0.497 e. The Balaban J connectivity index is 1.52. The number of thiophene rings is 1. The number of aromatic nitrogens is 4. The summed E-state index contributed by atoms with van der Waals surface area (Å²) in [6, 6.07) is 13.2. The van der Waals surface area contributed by atoms with Crippen molar-refractivity contribution in [3.8, 4) is 28.6 Å². The monoisotopic (exact) mass is 520 g/mol. The lowest BCUT2D eigenvalue weighted by atomic mass is 10.2. The molecule has 0 N–H and O–H groups in total. The Bertz CT molecular complexity index is 1620.